The Morgan fingerprint density at radius 1 is 1.52 bits per heavy atom. The molecule has 112 valence electrons. The normalized spacial score (nSPS) is 19.2. The average molecular weight is 306 g/mol. The van der Waals surface area contributed by atoms with Crippen molar-refractivity contribution in [1.29, 1.82) is 0 Å². The molecule has 1 N–H and O–H groups in total. The fourth-order valence-corrected chi connectivity index (χ4v) is 3.12. The third-order valence-corrected chi connectivity index (χ3v) is 4.40. The van der Waals surface area contributed by atoms with Gasteiger partial charge >= 0.3 is 0 Å². The van der Waals surface area contributed by atoms with E-state index in [-0.39, 0.29) is 11.4 Å². The highest BCUT2D eigenvalue weighted by molar-refractivity contribution is 7.08. The summed E-state index contributed by atoms with van der Waals surface area (Å²) < 4.78 is 5.31. The number of carbonyl (C=O) groups excluding carboxylic acids is 1. The Bertz CT molecular complexity index is 621. The van der Waals surface area contributed by atoms with Crippen LogP contribution in [0.3, 0.4) is 0 Å². The highest BCUT2D eigenvalue weighted by atomic mass is 32.1. The van der Waals surface area contributed by atoms with Crippen LogP contribution in [0, 0.1) is 0 Å². The zero-order valence-corrected chi connectivity index (χ0v) is 12.9. The Kier molecular flexibility index (Phi) is 3.77. The number of aromatic nitrogens is 2. The van der Waals surface area contributed by atoms with Gasteiger partial charge in [-0.25, -0.2) is 0 Å². The van der Waals surface area contributed by atoms with Gasteiger partial charge in [0, 0.05) is 30.4 Å². The maximum atomic E-state index is 11.7. The molecular formula is C14H18N4O2S. The first-order valence-electron chi connectivity index (χ1n) is 6.91. The molecule has 1 saturated heterocycles. The predicted octanol–water partition coefficient (Wildman–Crippen LogP) is 1.90. The SMILES string of the molecule is CC1(C)CC(=O)NCCN1Cc1noc(-c2ccsc2)n1. The van der Waals surface area contributed by atoms with Crippen LogP contribution >= 0.6 is 11.3 Å². The van der Waals surface area contributed by atoms with E-state index in [1.54, 1.807) is 11.3 Å². The van der Waals surface area contributed by atoms with Crippen LogP contribution in [0.4, 0.5) is 0 Å². The summed E-state index contributed by atoms with van der Waals surface area (Å²) in [4.78, 5) is 18.3. The molecule has 1 aliphatic heterocycles. The smallest absolute Gasteiger partial charge is 0.258 e. The summed E-state index contributed by atoms with van der Waals surface area (Å²) >= 11 is 1.60. The lowest BCUT2D eigenvalue weighted by molar-refractivity contribution is -0.122. The van der Waals surface area contributed by atoms with Crippen molar-refractivity contribution in [2.45, 2.75) is 32.4 Å². The van der Waals surface area contributed by atoms with Crippen molar-refractivity contribution in [2.24, 2.45) is 0 Å². The summed E-state index contributed by atoms with van der Waals surface area (Å²) in [5.74, 6) is 1.29. The number of nitrogens with one attached hydrogen (secondary N) is 1. The second kappa shape index (κ2) is 5.57. The van der Waals surface area contributed by atoms with E-state index in [2.05, 4.69) is 34.2 Å². The van der Waals surface area contributed by atoms with Crippen molar-refractivity contribution in [3.05, 3.63) is 22.7 Å². The first kappa shape index (κ1) is 14.2. The molecule has 6 nitrogen and oxygen atoms in total. The molecule has 0 spiro atoms. The van der Waals surface area contributed by atoms with Crippen LogP contribution in [0.1, 0.15) is 26.1 Å². The van der Waals surface area contributed by atoms with E-state index in [1.807, 2.05) is 16.8 Å². The van der Waals surface area contributed by atoms with E-state index in [9.17, 15) is 4.79 Å². The van der Waals surface area contributed by atoms with Crippen molar-refractivity contribution in [3.63, 3.8) is 0 Å². The molecule has 0 radical (unpaired) electrons. The Hall–Kier alpha value is -1.73. The largest absolute Gasteiger partial charge is 0.355 e. The lowest BCUT2D eigenvalue weighted by Gasteiger charge is -2.34. The standard InChI is InChI=1S/C14H18N4O2S/c1-14(2)7-12(19)15-4-5-18(14)8-11-16-13(20-17-11)10-3-6-21-9-10/h3,6,9H,4-5,7-8H2,1-2H3,(H,15,19). The number of amides is 1. The van der Waals surface area contributed by atoms with Crippen molar-refractivity contribution in [1.82, 2.24) is 20.4 Å². The molecule has 0 bridgehead atoms. The molecule has 2 aromatic rings. The first-order valence-corrected chi connectivity index (χ1v) is 7.86. The molecule has 0 unspecified atom stereocenters. The summed E-state index contributed by atoms with van der Waals surface area (Å²) in [6.07, 6.45) is 0.474. The maximum Gasteiger partial charge on any atom is 0.258 e. The quantitative estimate of drug-likeness (QED) is 0.937. The van der Waals surface area contributed by atoms with Crippen LogP contribution < -0.4 is 5.32 Å². The molecule has 0 saturated carbocycles. The van der Waals surface area contributed by atoms with Crippen LogP contribution in [-0.2, 0) is 11.3 Å². The lowest BCUT2D eigenvalue weighted by atomic mass is 9.98. The van der Waals surface area contributed by atoms with Gasteiger partial charge in [0.2, 0.25) is 5.91 Å². The van der Waals surface area contributed by atoms with Crippen LogP contribution in [0.15, 0.2) is 21.3 Å². The van der Waals surface area contributed by atoms with Gasteiger partial charge in [0.1, 0.15) is 0 Å². The molecule has 3 rings (SSSR count). The fourth-order valence-electron chi connectivity index (χ4n) is 2.49. The maximum absolute atomic E-state index is 11.7. The second-order valence-electron chi connectivity index (χ2n) is 5.79. The third kappa shape index (κ3) is 3.14. The van der Waals surface area contributed by atoms with E-state index in [0.717, 1.165) is 12.1 Å². The number of hydrogen-bond donors (Lipinski definition) is 1. The summed E-state index contributed by atoms with van der Waals surface area (Å²) in [5, 5.41) is 10.9. The first-order chi connectivity index (χ1) is 10.0. The van der Waals surface area contributed by atoms with E-state index in [4.69, 9.17) is 4.52 Å². The number of hydrogen-bond acceptors (Lipinski definition) is 6. The fraction of sp³-hybridized carbons (Fsp3) is 0.500. The van der Waals surface area contributed by atoms with Gasteiger partial charge in [0.25, 0.3) is 5.89 Å². The van der Waals surface area contributed by atoms with Gasteiger partial charge < -0.3 is 9.84 Å². The molecule has 21 heavy (non-hydrogen) atoms. The highest BCUT2D eigenvalue weighted by Gasteiger charge is 2.32. The summed E-state index contributed by atoms with van der Waals surface area (Å²) in [7, 11) is 0. The zero-order chi connectivity index (χ0) is 14.9. The van der Waals surface area contributed by atoms with Gasteiger partial charge in [-0.1, -0.05) is 5.16 Å². The van der Waals surface area contributed by atoms with Crippen molar-refractivity contribution >= 4 is 17.2 Å². The number of carbonyl (C=O) groups is 1. The monoisotopic (exact) mass is 306 g/mol. The number of thiophene rings is 1. The van der Waals surface area contributed by atoms with Gasteiger partial charge in [-0.3, -0.25) is 9.69 Å². The van der Waals surface area contributed by atoms with Crippen LogP contribution in [-0.4, -0.2) is 39.6 Å². The molecule has 1 aliphatic rings. The zero-order valence-electron chi connectivity index (χ0n) is 12.1. The van der Waals surface area contributed by atoms with Crippen molar-refractivity contribution in [3.8, 4) is 11.5 Å². The predicted molar refractivity (Wildman–Crippen MR) is 79.7 cm³/mol. The summed E-state index contributed by atoms with van der Waals surface area (Å²) in [6, 6.07) is 1.96. The molecule has 0 aliphatic carbocycles. The van der Waals surface area contributed by atoms with Crippen molar-refractivity contribution < 1.29 is 9.32 Å². The van der Waals surface area contributed by atoms with Crippen LogP contribution in [0.25, 0.3) is 11.5 Å². The average Bonchev–Trinajstić information content (AvgIpc) is 3.05. The molecule has 0 aromatic carbocycles. The minimum Gasteiger partial charge on any atom is -0.355 e. The Morgan fingerprint density at radius 2 is 2.38 bits per heavy atom. The summed E-state index contributed by atoms with van der Waals surface area (Å²) in [6.45, 7) is 6.14. The minimum absolute atomic E-state index is 0.0922. The molecule has 2 aromatic heterocycles. The number of rotatable bonds is 3. The Morgan fingerprint density at radius 3 is 3.14 bits per heavy atom. The number of nitrogens with zero attached hydrogens (tertiary/aromatic N) is 3. The summed E-state index contributed by atoms with van der Waals surface area (Å²) in [5.41, 5.74) is 0.731. The minimum atomic E-state index is -0.218. The van der Waals surface area contributed by atoms with E-state index >= 15 is 0 Å². The molecule has 1 fully saturated rings. The molecule has 7 heteroatoms. The van der Waals surface area contributed by atoms with Crippen LogP contribution in [0.2, 0.25) is 0 Å². The molecular weight excluding hydrogens is 288 g/mol. The van der Waals surface area contributed by atoms with Gasteiger partial charge in [0.15, 0.2) is 5.82 Å². The van der Waals surface area contributed by atoms with Gasteiger partial charge in [0.05, 0.1) is 12.1 Å². The van der Waals surface area contributed by atoms with Gasteiger partial charge in [-0.15, -0.1) is 0 Å². The molecule has 3 heterocycles. The van der Waals surface area contributed by atoms with E-state index in [0.29, 0.717) is 31.2 Å². The lowest BCUT2D eigenvalue weighted by Crippen LogP contribution is -2.44. The molecule has 1 amide bonds. The second-order valence-corrected chi connectivity index (χ2v) is 6.57. The van der Waals surface area contributed by atoms with Gasteiger partial charge in [-0.05, 0) is 25.3 Å². The van der Waals surface area contributed by atoms with E-state index in [1.165, 1.54) is 0 Å². The Balaban J connectivity index is 1.75. The Labute approximate surface area is 127 Å². The van der Waals surface area contributed by atoms with Gasteiger partial charge in [-0.2, -0.15) is 16.3 Å². The highest BCUT2D eigenvalue weighted by Crippen LogP contribution is 2.24. The topological polar surface area (TPSA) is 71.3 Å². The third-order valence-electron chi connectivity index (χ3n) is 3.72. The van der Waals surface area contributed by atoms with Crippen LogP contribution in [0.5, 0.6) is 0 Å². The van der Waals surface area contributed by atoms with E-state index < -0.39 is 0 Å². The molecule has 0 atom stereocenters. The van der Waals surface area contributed by atoms with Crippen molar-refractivity contribution in [2.75, 3.05) is 13.1 Å².